The molecule has 0 aliphatic heterocycles. The van der Waals surface area contributed by atoms with Gasteiger partial charge in [0.05, 0.1) is 10.8 Å². The van der Waals surface area contributed by atoms with Gasteiger partial charge in [0.1, 0.15) is 9.49 Å². The third kappa shape index (κ3) is 1.83. The van der Waals surface area contributed by atoms with Crippen molar-refractivity contribution in [2.24, 2.45) is 10.4 Å². The minimum Gasteiger partial charge on any atom is -0.250 e. The molecular weight excluding hydrogens is 221 g/mol. The molecule has 0 aliphatic rings. The Morgan fingerprint density at radius 1 is 1.69 bits per heavy atom. The lowest BCUT2D eigenvalue weighted by Crippen LogP contribution is -2.21. The van der Waals surface area contributed by atoms with Crippen molar-refractivity contribution >= 4 is 24.1 Å². The molecule has 7 nitrogen and oxygen atoms in total. The van der Waals surface area contributed by atoms with Gasteiger partial charge in [0.25, 0.3) is 0 Å². The van der Waals surface area contributed by atoms with E-state index in [1.54, 1.807) is 5.21 Å². The van der Waals surface area contributed by atoms with Gasteiger partial charge in [-0.05, 0) is 5.21 Å². The average molecular weight is 223 g/mol. The Labute approximate surface area is 75.3 Å². The maximum Gasteiger partial charge on any atom is 0.208 e. The van der Waals surface area contributed by atoms with Crippen molar-refractivity contribution in [1.29, 1.82) is 10.5 Å². The molecule has 0 atom stereocenters. The van der Waals surface area contributed by atoms with Gasteiger partial charge in [-0.2, -0.15) is 10.5 Å². The van der Waals surface area contributed by atoms with Gasteiger partial charge in [-0.25, -0.2) is 15.3 Å². The first-order chi connectivity index (χ1) is 5.93. The lowest BCUT2D eigenvalue weighted by atomic mass is 11.7. The van der Waals surface area contributed by atoms with E-state index in [0.29, 0.717) is 0 Å². The van der Waals surface area contributed by atoms with Crippen LogP contribution in [0.1, 0.15) is 0 Å². The minimum absolute atomic E-state index is 0.155. The van der Waals surface area contributed by atoms with Crippen LogP contribution in [0.25, 0.3) is 0 Å². The predicted octanol–water partition coefficient (Wildman–Crippen LogP) is 0.792. The van der Waals surface area contributed by atoms with Gasteiger partial charge in [0.15, 0.2) is 5.40 Å². The smallest absolute Gasteiger partial charge is 0.208 e. The number of hydrogen-bond acceptors (Lipinski definition) is 7. The first kappa shape index (κ1) is 11.6. The Balaban J connectivity index is 6.04. The summed E-state index contributed by atoms with van der Waals surface area (Å²) in [5, 5.41) is 37.3. The highest BCUT2D eigenvalue weighted by molar-refractivity contribution is 9.01. The molecule has 0 aliphatic carbocycles. The van der Waals surface area contributed by atoms with Crippen molar-refractivity contribution in [3.05, 3.63) is 10.1 Å². The Morgan fingerprint density at radius 3 is 2.46 bits per heavy atom. The molecule has 0 heterocycles. The summed E-state index contributed by atoms with van der Waals surface area (Å²) in [5.74, 6) is 0. The summed E-state index contributed by atoms with van der Waals surface area (Å²) in [6, 6.07) is 0. The second-order valence-corrected chi connectivity index (χ2v) is 7.09. The van der Waals surface area contributed by atoms with E-state index >= 15 is 0 Å². The van der Waals surface area contributed by atoms with Crippen LogP contribution in [0.3, 0.4) is 0 Å². The normalized spacial score (nSPS) is 12.5. The van der Waals surface area contributed by atoms with Crippen molar-refractivity contribution in [3.8, 4) is 10.8 Å². The van der Waals surface area contributed by atoms with E-state index in [1.165, 1.54) is 10.6 Å². The standard InChI is InChI=1S/C3H2FN5O2S2/c4-8-3-13(7,2-6,9(10)11)12-1-5/h7H2. The van der Waals surface area contributed by atoms with Crippen LogP contribution in [0.2, 0.25) is 0 Å². The molecule has 0 spiro atoms. The summed E-state index contributed by atoms with van der Waals surface area (Å²) < 4.78 is 10.2. The zero-order valence-corrected chi connectivity index (χ0v) is 7.51. The van der Waals surface area contributed by atoms with Crippen molar-refractivity contribution in [2.75, 3.05) is 0 Å². The van der Waals surface area contributed by atoms with Crippen LogP contribution in [0.15, 0.2) is 5.21 Å². The van der Waals surface area contributed by atoms with Crippen LogP contribution in [-0.2, 0) is 0 Å². The molecule has 0 fully saturated rings. The van der Waals surface area contributed by atoms with Gasteiger partial charge in [-0.1, -0.05) is 4.48 Å². The largest absolute Gasteiger partial charge is 0.250 e. The highest BCUT2D eigenvalue weighted by atomic mass is 33.2. The summed E-state index contributed by atoms with van der Waals surface area (Å²) in [6.07, 6.45) is 0. The molecule has 0 rings (SSSR count). The second kappa shape index (κ2) is 3.51. The summed E-state index contributed by atoms with van der Waals surface area (Å²) in [7, 11) is -4.92. The monoisotopic (exact) mass is 223 g/mol. The lowest BCUT2D eigenvalue weighted by molar-refractivity contribution is -0.292. The average Bonchev–Trinajstić information content (AvgIpc) is 2.05. The third-order valence-electron chi connectivity index (χ3n) is 0.889. The number of nitrogens with two attached hydrogens (primary N) is 1. The van der Waals surface area contributed by atoms with E-state index in [0.717, 1.165) is 5.40 Å². The van der Waals surface area contributed by atoms with E-state index in [4.69, 9.17) is 15.7 Å². The first-order valence-corrected chi connectivity index (χ1v) is 5.80. The van der Waals surface area contributed by atoms with Gasteiger partial charge in [0, 0.05) is 0 Å². The van der Waals surface area contributed by atoms with Crippen LogP contribution >= 0.6 is 18.9 Å². The molecule has 0 radical (unpaired) electrons. The van der Waals surface area contributed by atoms with E-state index in [9.17, 15) is 14.6 Å². The fraction of sp³-hybridized carbons (Fsp3) is 0. The fourth-order valence-electron chi connectivity index (χ4n) is 0.297. The highest BCUT2D eigenvalue weighted by Gasteiger charge is 2.42. The van der Waals surface area contributed by atoms with E-state index in [2.05, 4.69) is 0 Å². The molecule has 13 heavy (non-hydrogen) atoms. The SMILES string of the molecule is N#CSS(N)(=C=NF)(C#N)[N+](=O)[O-]. The molecule has 0 aromatic heterocycles. The molecule has 0 unspecified atom stereocenters. The minimum atomic E-state index is -4.77. The number of isothiocyanates is 1. The van der Waals surface area contributed by atoms with Gasteiger partial charge in [-0.3, -0.25) is 0 Å². The predicted molar refractivity (Wildman–Crippen MR) is 46.1 cm³/mol. The number of hydrogen-bond donors (Lipinski definition) is 1. The van der Waals surface area contributed by atoms with Crippen molar-refractivity contribution in [3.63, 3.8) is 0 Å². The van der Waals surface area contributed by atoms with Crippen molar-refractivity contribution in [1.82, 2.24) is 0 Å². The molecule has 70 valence electrons. The van der Waals surface area contributed by atoms with E-state index in [-0.39, 0.29) is 10.8 Å². The maximum absolute atomic E-state index is 11.5. The molecule has 10 heteroatoms. The molecule has 2 N–H and O–H groups in total. The van der Waals surface area contributed by atoms with Gasteiger partial charge < -0.3 is 0 Å². The fourth-order valence-corrected chi connectivity index (χ4v) is 1.83. The summed E-state index contributed by atoms with van der Waals surface area (Å²) in [4.78, 5) is 10.4. The molecular formula is C3H2FN5O2S2. The van der Waals surface area contributed by atoms with Gasteiger partial charge >= 0.3 is 0 Å². The molecule has 0 saturated heterocycles. The quantitative estimate of drug-likeness (QED) is 0.184. The van der Waals surface area contributed by atoms with Crippen molar-refractivity contribution in [2.45, 2.75) is 0 Å². The topological polar surface area (TPSA) is 129 Å². The first-order valence-electron chi connectivity index (χ1n) is 2.40. The molecule has 0 aromatic carbocycles. The Morgan fingerprint density at radius 2 is 2.23 bits per heavy atom. The van der Waals surface area contributed by atoms with Crippen LogP contribution < -0.4 is 5.14 Å². The third-order valence-corrected chi connectivity index (χ3v) is 4.72. The number of thiocyanates is 2. The molecule has 0 aromatic rings. The number of rotatable bonds is 2. The highest BCUT2D eigenvalue weighted by Crippen LogP contribution is 2.60. The van der Waals surface area contributed by atoms with E-state index < -0.39 is 12.5 Å². The van der Waals surface area contributed by atoms with Crippen molar-refractivity contribution < 1.29 is 8.81 Å². The Bertz CT molecular complexity index is 426. The summed E-state index contributed by atoms with van der Waals surface area (Å²) in [6.45, 7) is 0. The molecule has 0 amide bonds. The second-order valence-electron chi connectivity index (χ2n) is 1.63. The Kier molecular flexibility index (Phi) is 3.12. The molecule has 0 saturated carbocycles. The van der Waals surface area contributed by atoms with Crippen LogP contribution in [0.4, 0.5) is 4.48 Å². The summed E-state index contributed by atoms with van der Waals surface area (Å²) in [5.41, 5.74) is 0. The number of nitro groups is 1. The van der Waals surface area contributed by atoms with Gasteiger partial charge in [0.2, 0.25) is 13.6 Å². The number of halogens is 1. The number of nitrogens with zero attached hydrogens (tertiary/aromatic N) is 4. The summed E-state index contributed by atoms with van der Waals surface area (Å²) >= 11 is 0. The zero-order chi connectivity index (χ0) is 10.6. The number of nitriles is 2. The van der Waals surface area contributed by atoms with E-state index in [1.807, 2.05) is 0 Å². The Hall–Kier alpha value is -1.45. The maximum atomic E-state index is 11.5. The zero-order valence-electron chi connectivity index (χ0n) is 5.88. The lowest BCUT2D eigenvalue weighted by Gasteiger charge is -2.19. The molecule has 0 bridgehead atoms. The van der Waals surface area contributed by atoms with Gasteiger partial charge in [-0.15, -0.1) is 0 Å². The van der Waals surface area contributed by atoms with Crippen LogP contribution in [-0.4, -0.2) is 9.49 Å². The van der Waals surface area contributed by atoms with Crippen LogP contribution in [0, 0.1) is 31.4 Å². The van der Waals surface area contributed by atoms with Crippen LogP contribution in [0.5, 0.6) is 0 Å².